The van der Waals surface area contributed by atoms with Crippen LogP contribution >= 0.6 is 0 Å². The molecule has 3 aromatic rings. The van der Waals surface area contributed by atoms with E-state index < -0.39 is 5.97 Å². The van der Waals surface area contributed by atoms with Gasteiger partial charge in [-0.3, -0.25) is 0 Å². The lowest BCUT2D eigenvalue weighted by Gasteiger charge is -1.97. The van der Waals surface area contributed by atoms with Crippen LogP contribution in [-0.4, -0.2) is 16.2 Å². The number of aliphatic carboxylic acids is 1. The molecule has 110 valence electrons. The van der Waals surface area contributed by atoms with E-state index in [1.54, 1.807) is 24.3 Å². The topological polar surface area (TPSA) is 70.7 Å². The fourth-order valence-corrected chi connectivity index (χ4v) is 2.20. The number of carboxylic acids is 1. The van der Waals surface area contributed by atoms with Crippen LogP contribution in [0.25, 0.3) is 28.4 Å². The Kier molecular flexibility index (Phi) is 3.39. The zero-order chi connectivity index (χ0) is 15.7. The molecule has 0 saturated heterocycles. The molecule has 2 aromatic carbocycles. The van der Waals surface area contributed by atoms with Crippen LogP contribution in [0, 0.1) is 5.82 Å². The van der Waals surface area contributed by atoms with Gasteiger partial charge in [0.15, 0.2) is 11.3 Å². The van der Waals surface area contributed by atoms with E-state index in [1.807, 2.05) is 0 Å². The highest BCUT2D eigenvalue weighted by atomic mass is 19.1. The Balaban J connectivity index is 2.09. The number of benzene rings is 2. The van der Waals surface area contributed by atoms with Crippen LogP contribution in [0.2, 0.25) is 0 Å². The highest BCUT2D eigenvalue weighted by Crippen LogP contribution is 2.34. The van der Waals surface area contributed by atoms with Crippen LogP contribution in [0.4, 0.5) is 4.39 Å². The number of hydrogen-bond donors (Lipinski definition) is 2. The summed E-state index contributed by atoms with van der Waals surface area (Å²) in [5, 5.41) is 19.2. The molecule has 0 bridgehead atoms. The molecule has 3 rings (SSSR count). The van der Waals surface area contributed by atoms with Crippen LogP contribution in [0.15, 0.2) is 53.0 Å². The molecular weight excluding hydrogens is 287 g/mol. The first-order valence-corrected chi connectivity index (χ1v) is 6.46. The average molecular weight is 298 g/mol. The summed E-state index contributed by atoms with van der Waals surface area (Å²) in [6, 6.07) is 10.7. The normalized spacial score (nSPS) is 11.3. The van der Waals surface area contributed by atoms with Gasteiger partial charge in [0.05, 0.1) is 0 Å². The summed E-state index contributed by atoms with van der Waals surface area (Å²) < 4.78 is 18.8. The minimum atomic E-state index is -1.08. The van der Waals surface area contributed by atoms with Crippen LogP contribution in [0.3, 0.4) is 0 Å². The molecular formula is C17H11FO4. The maximum atomic E-state index is 13.3. The molecule has 2 N–H and O–H groups in total. The van der Waals surface area contributed by atoms with E-state index in [2.05, 4.69) is 0 Å². The van der Waals surface area contributed by atoms with Crippen LogP contribution in [0.5, 0.6) is 5.75 Å². The summed E-state index contributed by atoms with van der Waals surface area (Å²) >= 11 is 0. The maximum Gasteiger partial charge on any atom is 0.328 e. The van der Waals surface area contributed by atoms with Crippen molar-refractivity contribution in [2.24, 2.45) is 0 Å². The smallest absolute Gasteiger partial charge is 0.328 e. The van der Waals surface area contributed by atoms with E-state index in [-0.39, 0.29) is 17.1 Å². The minimum Gasteiger partial charge on any atom is -0.504 e. The summed E-state index contributed by atoms with van der Waals surface area (Å²) in [7, 11) is 0. The summed E-state index contributed by atoms with van der Waals surface area (Å²) in [4.78, 5) is 10.5. The fourth-order valence-electron chi connectivity index (χ4n) is 2.20. The molecule has 1 aromatic heterocycles. The molecule has 0 unspecified atom stereocenters. The number of rotatable bonds is 3. The standard InChI is InChI=1S/C17H11FO4/c18-13-3-1-2-11(8-13)15-9-12-6-10(4-5-16(20)21)7-14(19)17(12)22-15/h1-9,19H,(H,20,21)/b5-4+. The summed E-state index contributed by atoms with van der Waals surface area (Å²) in [6.45, 7) is 0. The van der Waals surface area contributed by atoms with E-state index in [1.165, 1.54) is 24.3 Å². The highest BCUT2D eigenvalue weighted by Gasteiger charge is 2.11. The number of phenols is 1. The number of furan rings is 1. The maximum absolute atomic E-state index is 13.3. The van der Waals surface area contributed by atoms with Crippen molar-refractivity contribution in [1.29, 1.82) is 0 Å². The predicted molar refractivity (Wildman–Crippen MR) is 79.9 cm³/mol. The number of phenolic OH excluding ortho intramolecular Hbond substituents is 1. The third kappa shape index (κ3) is 2.69. The molecule has 0 fully saturated rings. The van der Waals surface area contributed by atoms with Gasteiger partial charge in [-0.25, -0.2) is 9.18 Å². The Bertz CT molecular complexity index is 893. The van der Waals surface area contributed by atoms with Crippen molar-refractivity contribution in [3.63, 3.8) is 0 Å². The van der Waals surface area contributed by atoms with Crippen LogP contribution in [-0.2, 0) is 4.79 Å². The Hall–Kier alpha value is -3.08. The van der Waals surface area contributed by atoms with Gasteiger partial charge in [-0.05, 0) is 42.0 Å². The molecule has 0 aliphatic heterocycles. The first-order valence-electron chi connectivity index (χ1n) is 6.46. The second-order valence-electron chi connectivity index (χ2n) is 4.75. The van der Waals surface area contributed by atoms with Gasteiger partial charge in [0.25, 0.3) is 0 Å². The summed E-state index contributed by atoms with van der Waals surface area (Å²) in [6.07, 6.45) is 2.35. The quantitative estimate of drug-likeness (QED) is 0.716. The number of fused-ring (bicyclic) bond motifs is 1. The van der Waals surface area contributed by atoms with Gasteiger partial charge in [0, 0.05) is 17.0 Å². The summed E-state index contributed by atoms with van der Waals surface area (Å²) in [5.41, 5.74) is 1.35. The lowest BCUT2D eigenvalue weighted by atomic mass is 10.1. The zero-order valence-corrected chi connectivity index (χ0v) is 11.3. The van der Waals surface area contributed by atoms with Crippen molar-refractivity contribution in [3.05, 3.63) is 59.9 Å². The van der Waals surface area contributed by atoms with Crippen LogP contribution in [0.1, 0.15) is 5.56 Å². The summed E-state index contributed by atoms with van der Waals surface area (Å²) in [5.74, 6) is -1.14. The van der Waals surface area contributed by atoms with Gasteiger partial charge in [-0.2, -0.15) is 0 Å². The Morgan fingerprint density at radius 3 is 2.73 bits per heavy atom. The number of carboxylic acid groups (broad SMARTS) is 1. The van der Waals surface area contributed by atoms with E-state index in [4.69, 9.17) is 9.52 Å². The van der Waals surface area contributed by atoms with Crippen molar-refractivity contribution in [2.75, 3.05) is 0 Å². The average Bonchev–Trinajstić information content (AvgIpc) is 2.90. The van der Waals surface area contributed by atoms with Gasteiger partial charge in [-0.1, -0.05) is 12.1 Å². The fraction of sp³-hybridized carbons (Fsp3) is 0. The SMILES string of the molecule is O=C(O)/C=C/c1cc(O)c2oc(-c3cccc(F)c3)cc2c1. The van der Waals surface area contributed by atoms with Gasteiger partial charge in [0.2, 0.25) is 0 Å². The van der Waals surface area contributed by atoms with E-state index in [0.717, 1.165) is 6.08 Å². The lowest BCUT2D eigenvalue weighted by Crippen LogP contribution is -1.85. The van der Waals surface area contributed by atoms with E-state index in [0.29, 0.717) is 22.3 Å². The molecule has 0 saturated carbocycles. The van der Waals surface area contributed by atoms with Crippen LogP contribution < -0.4 is 0 Å². The van der Waals surface area contributed by atoms with Crippen molar-refractivity contribution in [1.82, 2.24) is 0 Å². The number of aromatic hydroxyl groups is 1. The third-order valence-electron chi connectivity index (χ3n) is 3.15. The van der Waals surface area contributed by atoms with E-state index >= 15 is 0 Å². The Labute approximate surface area is 124 Å². The van der Waals surface area contributed by atoms with Gasteiger partial charge < -0.3 is 14.6 Å². The molecule has 0 amide bonds. The Morgan fingerprint density at radius 1 is 1.18 bits per heavy atom. The molecule has 0 spiro atoms. The first-order chi connectivity index (χ1) is 10.5. The Morgan fingerprint density at radius 2 is 2.00 bits per heavy atom. The monoisotopic (exact) mass is 298 g/mol. The minimum absolute atomic E-state index is 0.106. The zero-order valence-electron chi connectivity index (χ0n) is 11.3. The van der Waals surface area contributed by atoms with Gasteiger partial charge in [0.1, 0.15) is 11.6 Å². The second-order valence-corrected chi connectivity index (χ2v) is 4.75. The molecule has 0 radical (unpaired) electrons. The molecule has 0 aliphatic carbocycles. The predicted octanol–water partition coefficient (Wildman–Crippen LogP) is 4.04. The molecule has 5 heteroatoms. The second kappa shape index (κ2) is 5.37. The first kappa shape index (κ1) is 13.9. The molecule has 0 aliphatic rings. The number of carbonyl (C=O) groups is 1. The van der Waals surface area contributed by atoms with Crippen molar-refractivity contribution >= 4 is 23.0 Å². The van der Waals surface area contributed by atoms with E-state index in [9.17, 15) is 14.3 Å². The van der Waals surface area contributed by atoms with Gasteiger partial charge >= 0.3 is 5.97 Å². The highest BCUT2D eigenvalue weighted by molar-refractivity contribution is 5.91. The van der Waals surface area contributed by atoms with Crippen molar-refractivity contribution < 1.29 is 23.8 Å². The third-order valence-corrected chi connectivity index (χ3v) is 3.15. The lowest BCUT2D eigenvalue weighted by molar-refractivity contribution is -0.131. The van der Waals surface area contributed by atoms with Crippen molar-refractivity contribution in [3.8, 4) is 17.1 Å². The molecule has 4 nitrogen and oxygen atoms in total. The molecule has 22 heavy (non-hydrogen) atoms. The molecule has 0 atom stereocenters. The number of hydrogen-bond acceptors (Lipinski definition) is 3. The largest absolute Gasteiger partial charge is 0.504 e. The molecule has 1 heterocycles. The number of halogens is 1. The van der Waals surface area contributed by atoms with Gasteiger partial charge in [-0.15, -0.1) is 0 Å². The van der Waals surface area contributed by atoms with Crippen molar-refractivity contribution in [2.45, 2.75) is 0 Å².